The third-order valence-electron chi connectivity index (χ3n) is 3.59. The van der Waals surface area contributed by atoms with E-state index < -0.39 is 15.6 Å². The molecular formula is C14H15ClN2O3S. The number of hydrogen-bond donors (Lipinski definition) is 1. The Hall–Kier alpha value is -1.21. The summed E-state index contributed by atoms with van der Waals surface area (Å²) in [5, 5.41) is 10.8. The van der Waals surface area contributed by atoms with E-state index in [0.717, 1.165) is 10.9 Å². The number of β-amino-alcohol motifs (C(OH)–C–C–N with tert-alkyl or cyclic N) is 1. The number of halogens is 1. The molecule has 0 bridgehead atoms. The fourth-order valence-corrected chi connectivity index (χ4v) is 4.46. The maximum absolute atomic E-state index is 12.6. The van der Waals surface area contributed by atoms with E-state index >= 15 is 0 Å². The lowest BCUT2D eigenvalue weighted by molar-refractivity contribution is -0.0426. The van der Waals surface area contributed by atoms with Crippen LogP contribution in [0.5, 0.6) is 0 Å². The molecule has 21 heavy (non-hydrogen) atoms. The molecule has 3 rings (SSSR count). The SMILES string of the molecule is Cc1cc2cccc(S(=O)(=O)N3CC(C)(O)C3)c2nc1Cl. The highest BCUT2D eigenvalue weighted by Gasteiger charge is 2.44. The van der Waals surface area contributed by atoms with Gasteiger partial charge in [0.25, 0.3) is 0 Å². The van der Waals surface area contributed by atoms with Crippen molar-refractivity contribution in [1.82, 2.24) is 9.29 Å². The van der Waals surface area contributed by atoms with E-state index in [1.165, 1.54) is 10.4 Å². The molecule has 1 aliphatic heterocycles. The standard InChI is InChI=1S/C14H15ClN2O3S/c1-9-6-10-4-3-5-11(12(10)16-13(9)15)21(19,20)17-7-14(2,18)8-17/h3-6,18H,7-8H2,1-2H3. The predicted molar refractivity (Wildman–Crippen MR) is 80.9 cm³/mol. The summed E-state index contributed by atoms with van der Waals surface area (Å²) in [7, 11) is -3.68. The molecule has 0 spiro atoms. The van der Waals surface area contributed by atoms with Crippen LogP contribution < -0.4 is 0 Å². The summed E-state index contributed by atoms with van der Waals surface area (Å²) >= 11 is 6.02. The van der Waals surface area contributed by atoms with Gasteiger partial charge in [0, 0.05) is 18.5 Å². The van der Waals surface area contributed by atoms with Crippen LogP contribution in [0.15, 0.2) is 29.2 Å². The molecule has 1 N–H and O–H groups in total. The number of sulfonamides is 1. The van der Waals surface area contributed by atoms with Crippen molar-refractivity contribution in [2.45, 2.75) is 24.3 Å². The zero-order chi connectivity index (χ0) is 15.4. The minimum absolute atomic E-state index is 0.0886. The van der Waals surface area contributed by atoms with Crippen molar-refractivity contribution in [3.63, 3.8) is 0 Å². The lowest BCUT2D eigenvalue weighted by Crippen LogP contribution is -2.61. The molecule has 7 heteroatoms. The fraction of sp³-hybridized carbons (Fsp3) is 0.357. The first kappa shape index (κ1) is 14.7. The topological polar surface area (TPSA) is 70.5 Å². The van der Waals surface area contributed by atoms with Crippen molar-refractivity contribution in [3.8, 4) is 0 Å². The number of aliphatic hydroxyl groups is 1. The monoisotopic (exact) mass is 326 g/mol. The Kier molecular flexibility index (Phi) is 3.25. The van der Waals surface area contributed by atoms with Gasteiger partial charge in [-0.1, -0.05) is 23.7 Å². The van der Waals surface area contributed by atoms with E-state index in [9.17, 15) is 13.5 Å². The van der Waals surface area contributed by atoms with E-state index in [0.29, 0.717) is 10.7 Å². The highest BCUT2D eigenvalue weighted by Crippen LogP contribution is 2.32. The number of benzene rings is 1. The Balaban J connectivity index is 2.15. The minimum atomic E-state index is -3.68. The molecule has 0 amide bonds. The summed E-state index contributed by atoms with van der Waals surface area (Å²) in [6.45, 7) is 3.61. The molecule has 112 valence electrons. The Morgan fingerprint density at radius 3 is 2.67 bits per heavy atom. The van der Waals surface area contributed by atoms with E-state index in [4.69, 9.17) is 11.6 Å². The van der Waals surface area contributed by atoms with Gasteiger partial charge in [0.15, 0.2) is 0 Å². The van der Waals surface area contributed by atoms with Gasteiger partial charge in [0.1, 0.15) is 10.0 Å². The normalized spacial score (nSPS) is 18.7. The third-order valence-corrected chi connectivity index (χ3v) is 5.80. The molecule has 0 radical (unpaired) electrons. The number of para-hydroxylation sites is 1. The predicted octanol–water partition coefficient (Wildman–Crippen LogP) is 1.95. The van der Waals surface area contributed by atoms with Gasteiger partial charge in [0.2, 0.25) is 10.0 Å². The number of aryl methyl sites for hydroxylation is 1. The summed E-state index contributed by atoms with van der Waals surface area (Å²) in [6.07, 6.45) is 0. The van der Waals surface area contributed by atoms with Gasteiger partial charge < -0.3 is 5.11 Å². The zero-order valence-corrected chi connectivity index (χ0v) is 13.2. The Bertz CT molecular complexity index is 825. The number of rotatable bonds is 2. The van der Waals surface area contributed by atoms with Crippen molar-refractivity contribution >= 4 is 32.5 Å². The van der Waals surface area contributed by atoms with Gasteiger partial charge in [-0.25, -0.2) is 13.4 Å². The molecule has 1 fully saturated rings. The minimum Gasteiger partial charge on any atom is -0.387 e. The maximum atomic E-state index is 12.6. The Morgan fingerprint density at radius 2 is 2.05 bits per heavy atom. The molecule has 1 aromatic heterocycles. The van der Waals surface area contributed by atoms with Crippen LogP contribution in [0.25, 0.3) is 10.9 Å². The van der Waals surface area contributed by atoms with Crippen LogP contribution in [0.4, 0.5) is 0 Å². The Morgan fingerprint density at radius 1 is 1.38 bits per heavy atom. The summed E-state index contributed by atoms with van der Waals surface area (Å²) in [4.78, 5) is 4.34. The van der Waals surface area contributed by atoms with Crippen molar-refractivity contribution in [3.05, 3.63) is 35.0 Å². The second kappa shape index (κ2) is 4.64. The zero-order valence-electron chi connectivity index (χ0n) is 11.7. The van der Waals surface area contributed by atoms with Gasteiger partial charge in [-0.2, -0.15) is 4.31 Å². The average Bonchev–Trinajstić information content (AvgIpc) is 2.36. The van der Waals surface area contributed by atoms with Gasteiger partial charge in [-0.3, -0.25) is 0 Å². The first-order valence-electron chi connectivity index (χ1n) is 6.49. The molecular weight excluding hydrogens is 312 g/mol. The quantitative estimate of drug-likeness (QED) is 0.856. The van der Waals surface area contributed by atoms with Gasteiger partial charge in [-0.05, 0) is 31.5 Å². The van der Waals surface area contributed by atoms with E-state index in [1.807, 2.05) is 13.0 Å². The van der Waals surface area contributed by atoms with E-state index in [-0.39, 0.29) is 18.0 Å². The lowest BCUT2D eigenvalue weighted by Gasteiger charge is -2.42. The smallest absolute Gasteiger partial charge is 0.245 e. The molecule has 2 aromatic rings. The molecule has 1 aliphatic rings. The van der Waals surface area contributed by atoms with Crippen molar-refractivity contribution < 1.29 is 13.5 Å². The van der Waals surface area contributed by atoms with Crippen LogP contribution in [-0.4, -0.2) is 41.5 Å². The highest BCUT2D eigenvalue weighted by molar-refractivity contribution is 7.89. The van der Waals surface area contributed by atoms with Crippen molar-refractivity contribution in [2.24, 2.45) is 0 Å². The number of pyridine rings is 1. The largest absolute Gasteiger partial charge is 0.387 e. The van der Waals surface area contributed by atoms with E-state index in [2.05, 4.69) is 4.98 Å². The molecule has 1 saturated heterocycles. The number of hydrogen-bond acceptors (Lipinski definition) is 4. The second-order valence-corrected chi connectivity index (χ2v) is 7.96. The molecule has 0 aliphatic carbocycles. The molecule has 1 aromatic carbocycles. The second-order valence-electron chi connectivity index (χ2n) is 5.69. The molecule has 5 nitrogen and oxygen atoms in total. The third kappa shape index (κ3) is 2.42. The van der Waals surface area contributed by atoms with E-state index in [1.54, 1.807) is 19.1 Å². The fourth-order valence-electron chi connectivity index (χ4n) is 2.49. The maximum Gasteiger partial charge on any atom is 0.245 e. The van der Waals surface area contributed by atoms with Crippen LogP contribution in [0.1, 0.15) is 12.5 Å². The van der Waals surface area contributed by atoms with Gasteiger partial charge in [-0.15, -0.1) is 0 Å². The lowest BCUT2D eigenvalue weighted by atomic mass is 10.0. The summed E-state index contributed by atoms with van der Waals surface area (Å²) < 4.78 is 26.5. The van der Waals surface area contributed by atoms with Crippen LogP contribution in [0, 0.1) is 6.92 Å². The molecule has 0 unspecified atom stereocenters. The summed E-state index contributed by atoms with van der Waals surface area (Å²) in [5.74, 6) is 0. The first-order chi connectivity index (χ1) is 9.71. The highest BCUT2D eigenvalue weighted by atomic mass is 35.5. The summed E-state index contributed by atoms with van der Waals surface area (Å²) in [6, 6.07) is 6.82. The number of fused-ring (bicyclic) bond motifs is 1. The van der Waals surface area contributed by atoms with Crippen LogP contribution in [0.3, 0.4) is 0 Å². The Labute approximate surface area is 128 Å². The van der Waals surface area contributed by atoms with Crippen molar-refractivity contribution in [2.75, 3.05) is 13.1 Å². The molecule has 2 heterocycles. The van der Waals surface area contributed by atoms with Crippen LogP contribution in [-0.2, 0) is 10.0 Å². The van der Waals surface area contributed by atoms with Crippen LogP contribution in [0.2, 0.25) is 5.15 Å². The first-order valence-corrected chi connectivity index (χ1v) is 8.31. The number of nitrogens with zero attached hydrogens (tertiary/aromatic N) is 2. The molecule has 0 atom stereocenters. The van der Waals surface area contributed by atoms with Crippen molar-refractivity contribution in [1.29, 1.82) is 0 Å². The molecule has 0 saturated carbocycles. The summed E-state index contributed by atoms with van der Waals surface area (Å²) in [5.41, 5.74) is 0.199. The van der Waals surface area contributed by atoms with Gasteiger partial charge in [0.05, 0.1) is 11.1 Å². The average molecular weight is 327 g/mol. The number of aromatic nitrogens is 1. The van der Waals surface area contributed by atoms with Gasteiger partial charge >= 0.3 is 0 Å². The van der Waals surface area contributed by atoms with Crippen LogP contribution >= 0.6 is 11.6 Å².